The lowest BCUT2D eigenvalue weighted by atomic mass is 9.93. The van der Waals surface area contributed by atoms with Crippen LogP contribution in [0.25, 0.3) is 10.1 Å². The van der Waals surface area contributed by atoms with Crippen molar-refractivity contribution in [2.45, 2.75) is 31.8 Å². The summed E-state index contributed by atoms with van der Waals surface area (Å²) >= 11 is 5.44. The van der Waals surface area contributed by atoms with Crippen LogP contribution in [0.1, 0.15) is 24.8 Å². The highest BCUT2D eigenvalue weighted by Gasteiger charge is 2.16. The molecule has 1 heterocycles. The molecule has 1 aromatic carbocycles. The highest BCUT2D eigenvalue weighted by atomic mass is 79.9. The van der Waals surface area contributed by atoms with E-state index in [1.54, 1.807) is 0 Å². The van der Waals surface area contributed by atoms with Crippen LogP contribution in [0.5, 0.6) is 0 Å². The first-order valence-electron chi connectivity index (χ1n) is 5.72. The van der Waals surface area contributed by atoms with Gasteiger partial charge in [-0.3, -0.25) is 0 Å². The van der Waals surface area contributed by atoms with Gasteiger partial charge >= 0.3 is 0 Å². The molecule has 1 saturated carbocycles. The molecule has 3 heteroatoms. The predicted octanol–water partition coefficient (Wildman–Crippen LogP) is 4.31. The second-order valence-electron chi connectivity index (χ2n) is 4.39. The largest absolute Gasteiger partial charge is 0.310 e. The quantitative estimate of drug-likeness (QED) is 0.890. The average Bonchev–Trinajstić information content (AvgIpc) is 2.61. The highest BCUT2D eigenvalue weighted by Crippen LogP contribution is 2.32. The summed E-state index contributed by atoms with van der Waals surface area (Å²) in [6.07, 6.45) is 4.10. The van der Waals surface area contributed by atoms with Crippen LogP contribution >= 0.6 is 27.3 Å². The smallest absolute Gasteiger partial charge is 0.0488 e. The summed E-state index contributed by atoms with van der Waals surface area (Å²) in [7, 11) is 0. The van der Waals surface area contributed by atoms with E-state index in [1.807, 2.05) is 11.3 Å². The lowest BCUT2D eigenvalue weighted by Crippen LogP contribution is -2.34. The number of hydrogen-bond donors (Lipinski definition) is 1. The molecule has 0 radical (unpaired) electrons. The van der Waals surface area contributed by atoms with Gasteiger partial charge in [-0.15, -0.1) is 11.3 Å². The van der Waals surface area contributed by atoms with Crippen LogP contribution in [0.4, 0.5) is 0 Å². The number of halogens is 1. The number of rotatable bonds is 3. The Bertz CT molecular complexity index is 502. The normalized spacial score (nSPS) is 16.6. The molecule has 1 aliphatic carbocycles. The molecule has 0 spiro atoms. The second kappa shape index (κ2) is 4.47. The molecule has 1 nitrogen and oxygen atoms in total. The Morgan fingerprint density at radius 2 is 2.25 bits per heavy atom. The summed E-state index contributed by atoms with van der Waals surface area (Å²) in [4.78, 5) is 0. The van der Waals surface area contributed by atoms with E-state index in [2.05, 4.69) is 44.8 Å². The van der Waals surface area contributed by atoms with Gasteiger partial charge in [-0.25, -0.2) is 0 Å². The zero-order chi connectivity index (χ0) is 11.0. The summed E-state index contributed by atoms with van der Waals surface area (Å²) in [6, 6.07) is 7.21. The minimum atomic E-state index is 0.766. The molecule has 1 N–H and O–H groups in total. The van der Waals surface area contributed by atoms with Crippen LogP contribution in [-0.4, -0.2) is 6.04 Å². The van der Waals surface area contributed by atoms with E-state index in [4.69, 9.17) is 0 Å². The molecule has 0 amide bonds. The molecule has 0 saturated heterocycles. The summed E-state index contributed by atoms with van der Waals surface area (Å²) in [5.74, 6) is 0. The molecule has 0 aliphatic heterocycles. The molecule has 84 valence electrons. The summed E-state index contributed by atoms with van der Waals surface area (Å²) < 4.78 is 2.58. The van der Waals surface area contributed by atoms with E-state index >= 15 is 0 Å². The zero-order valence-corrected chi connectivity index (χ0v) is 11.4. The highest BCUT2D eigenvalue weighted by molar-refractivity contribution is 9.10. The molecule has 1 aliphatic rings. The Hall–Kier alpha value is -0.380. The van der Waals surface area contributed by atoms with E-state index in [0.29, 0.717) is 0 Å². The van der Waals surface area contributed by atoms with Crippen LogP contribution in [-0.2, 0) is 6.54 Å². The van der Waals surface area contributed by atoms with E-state index in [0.717, 1.165) is 12.6 Å². The first-order valence-corrected chi connectivity index (χ1v) is 7.40. The Morgan fingerprint density at radius 3 is 3.00 bits per heavy atom. The van der Waals surface area contributed by atoms with E-state index in [1.165, 1.54) is 39.4 Å². The standard InChI is InChI=1S/C13H14BrNS/c14-12-6-2-5-11-9(8-16-13(11)12)7-15-10-3-1-4-10/h2,5-6,8,10,15H,1,3-4,7H2. The van der Waals surface area contributed by atoms with Crippen molar-refractivity contribution in [1.29, 1.82) is 0 Å². The fraction of sp³-hybridized carbons (Fsp3) is 0.385. The maximum atomic E-state index is 3.62. The van der Waals surface area contributed by atoms with E-state index < -0.39 is 0 Å². The van der Waals surface area contributed by atoms with Crippen molar-refractivity contribution in [3.05, 3.63) is 33.6 Å². The molecule has 2 aromatic rings. The Balaban J connectivity index is 1.83. The number of nitrogens with one attached hydrogen (secondary N) is 1. The van der Waals surface area contributed by atoms with Crippen molar-refractivity contribution in [1.82, 2.24) is 5.32 Å². The monoisotopic (exact) mass is 295 g/mol. The van der Waals surface area contributed by atoms with Crippen molar-refractivity contribution in [2.75, 3.05) is 0 Å². The molecule has 1 fully saturated rings. The molecule has 3 rings (SSSR count). The van der Waals surface area contributed by atoms with Gasteiger partial charge in [-0.05, 0) is 51.2 Å². The third-order valence-electron chi connectivity index (χ3n) is 3.32. The third-order valence-corrected chi connectivity index (χ3v) is 5.32. The molecule has 16 heavy (non-hydrogen) atoms. The SMILES string of the molecule is Brc1cccc2c(CNC3CCC3)csc12. The summed E-state index contributed by atoms with van der Waals surface area (Å²) in [6.45, 7) is 1.02. The van der Waals surface area contributed by atoms with Crippen molar-refractivity contribution < 1.29 is 0 Å². The maximum Gasteiger partial charge on any atom is 0.0488 e. The number of benzene rings is 1. The third kappa shape index (κ3) is 1.92. The predicted molar refractivity (Wildman–Crippen MR) is 74.0 cm³/mol. The van der Waals surface area contributed by atoms with Gasteiger partial charge in [0.25, 0.3) is 0 Å². The van der Waals surface area contributed by atoms with Crippen molar-refractivity contribution >= 4 is 37.4 Å². The van der Waals surface area contributed by atoms with Gasteiger partial charge < -0.3 is 5.32 Å². The minimum absolute atomic E-state index is 0.766. The van der Waals surface area contributed by atoms with Crippen molar-refractivity contribution in [2.24, 2.45) is 0 Å². The van der Waals surface area contributed by atoms with Crippen LogP contribution in [0.15, 0.2) is 28.1 Å². The van der Waals surface area contributed by atoms with Crippen molar-refractivity contribution in [3.8, 4) is 0 Å². The Kier molecular flexibility index (Phi) is 3.01. The zero-order valence-electron chi connectivity index (χ0n) is 9.00. The summed E-state index contributed by atoms with van der Waals surface area (Å²) in [5.41, 5.74) is 1.44. The van der Waals surface area contributed by atoms with Gasteiger partial charge in [-0.2, -0.15) is 0 Å². The van der Waals surface area contributed by atoms with Gasteiger partial charge in [0.05, 0.1) is 0 Å². The first kappa shape index (κ1) is 10.8. The number of thiophene rings is 1. The van der Waals surface area contributed by atoms with E-state index in [9.17, 15) is 0 Å². The lowest BCUT2D eigenvalue weighted by Gasteiger charge is -2.26. The Morgan fingerprint density at radius 1 is 1.38 bits per heavy atom. The Labute approximate surface area is 108 Å². The van der Waals surface area contributed by atoms with Crippen LogP contribution in [0, 0.1) is 0 Å². The van der Waals surface area contributed by atoms with E-state index in [-0.39, 0.29) is 0 Å². The minimum Gasteiger partial charge on any atom is -0.310 e. The second-order valence-corrected chi connectivity index (χ2v) is 6.12. The lowest BCUT2D eigenvalue weighted by molar-refractivity contribution is 0.339. The summed E-state index contributed by atoms with van der Waals surface area (Å²) in [5, 5.41) is 7.30. The van der Waals surface area contributed by atoms with Gasteiger partial charge in [0.2, 0.25) is 0 Å². The van der Waals surface area contributed by atoms with Crippen LogP contribution in [0.2, 0.25) is 0 Å². The maximum absolute atomic E-state index is 3.62. The van der Waals surface area contributed by atoms with Crippen molar-refractivity contribution in [3.63, 3.8) is 0 Å². The van der Waals surface area contributed by atoms with Crippen LogP contribution < -0.4 is 5.32 Å². The average molecular weight is 296 g/mol. The molecular formula is C13H14BrNS. The molecule has 0 bridgehead atoms. The number of fused-ring (bicyclic) bond motifs is 1. The van der Waals surface area contributed by atoms with Crippen LogP contribution in [0.3, 0.4) is 0 Å². The topological polar surface area (TPSA) is 12.0 Å². The fourth-order valence-electron chi connectivity index (χ4n) is 2.08. The van der Waals surface area contributed by atoms with Gasteiger partial charge in [0.1, 0.15) is 0 Å². The molecule has 0 atom stereocenters. The fourth-order valence-corrected chi connectivity index (χ4v) is 3.70. The first-order chi connectivity index (χ1) is 7.84. The molecule has 1 aromatic heterocycles. The van der Waals surface area contributed by atoms with Gasteiger partial charge in [-0.1, -0.05) is 18.6 Å². The molecule has 0 unspecified atom stereocenters. The number of hydrogen-bond acceptors (Lipinski definition) is 2. The van der Waals surface area contributed by atoms with Gasteiger partial charge in [0, 0.05) is 21.8 Å². The molecular weight excluding hydrogens is 282 g/mol. The van der Waals surface area contributed by atoms with Gasteiger partial charge in [0.15, 0.2) is 0 Å².